The van der Waals surface area contributed by atoms with Gasteiger partial charge in [-0.25, -0.2) is 4.79 Å². The molecule has 2 N–H and O–H groups in total. The lowest BCUT2D eigenvalue weighted by Crippen LogP contribution is -2.21. The van der Waals surface area contributed by atoms with Gasteiger partial charge in [0.15, 0.2) is 0 Å². The Hall–Kier alpha value is -2.86. The second kappa shape index (κ2) is 8.30. The van der Waals surface area contributed by atoms with Crippen LogP contribution < -0.4 is 10.6 Å². The summed E-state index contributed by atoms with van der Waals surface area (Å²) in [5.41, 5.74) is 2.08. The fourth-order valence-electron chi connectivity index (χ4n) is 2.13. The first kappa shape index (κ1) is 18.5. The van der Waals surface area contributed by atoms with Crippen molar-refractivity contribution >= 4 is 40.8 Å². The van der Waals surface area contributed by atoms with Crippen LogP contribution in [0.3, 0.4) is 0 Å². The molecule has 2 amide bonds. The summed E-state index contributed by atoms with van der Waals surface area (Å²) in [6.45, 7) is 1.90. The molecule has 0 saturated carbocycles. The third-order valence-electron chi connectivity index (χ3n) is 3.28. The van der Waals surface area contributed by atoms with Crippen LogP contribution in [0, 0.1) is 6.92 Å². The predicted molar refractivity (Wildman–Crippen MR) is 95.8 cm³/mol. The molecule has 0 saturated heterocycles. The summed E-state index contributed by atoms with van der Waals surface area (Å²) >= 11 is 6.00. The summed E-state index contributed by atoms with van der Waals surface area (Å²) in [6, 6.07) is 11.6. The molecule has 130 valence electrons. The summed E-state index contributed by atoms with van der Waals surface area (Å²) < 4.78 is 4.62. The van der Waals surface area contributed by atoms with Crippen molar-refractivity contribution in [3.63, 3.8) is 0 Å². The van der Waals surface area contributed by atoms with Crippen LogP contribution in [0.4, 0.5) is 11.4 Å². The number of carbonyl (C=O) groups is 3. The second-order valence-electron chi connectivity index (χ2n) is 5.33. The van der Waals surface area contributed by atoms with Gasteiger partial charge in [-0.3, -0.25) is 9.59 Å². The van der Waals surface area contributed by atoms with E-state index in [4.69, 9.17) is 11.6 Å². The van der Waals surface area contributed by atoms with Crippen LogP contribution in [-0.2, 0) is 14.3 Å². The summed E-state index contributed by atoms with van der Waals surface area (Å²) in [5, 5.41) is 5.41. The number of methoxy groups -OCH3 is 1. The summed E-state index contributed by atoms with van der Waals surface area (Å²) in [7, 11) is 1.25. The molecule has 0 aliphatic rings. The number of hydrogen-bond acceptors (Lipinski definition) is 4. The van der Waals surface area contributed by atoms with E-state index >= 15 is 0 Å². The van der Waals surface area contributed by atoms with E-state index in [1.807, 2.05) is 19.1 Å². The van der Waals surface area contributed by atoms with E-state index in [-0.39, 0.29) is 22.7 Å². The molecule has 0 bridgehead atoms. The number of esters is 1. The van der Waals surface area contributed by atoms with E-state index < -0.39 is 17.8 Å². The molecule has 2 aromatic carbocycles. The number of anilines is 2. The van der Waals surface area contributed by atoms with Gasteiger partial charge >= 0.3 is 5.97 Å². The van der Waals surface area contributed by atoms with Crippen LogP contribution in [-0.4, -0.2) is 24.9 Å². The number of aryl methyl sites for hydroxylation is 1. The Labute approximate surface area is 150 Å². The van der Waals surface area contributed by atoms with Crippen molar-refractivity contribution in [1.82, 2.24) is 0 Å². The summed E-state index contributed by atoms with van der Waals surface area (Å²) in [4.78, 5) is 35.5. The van der Waals surface area contributed by atoms with E-state index in [0.717, 1.165) is 5.56 Å². The Morgan fingerprint density at radius 1 is 1.04 bits per heavy atom. The van der Waals surface area contributed by atoms with Gasteiger partial charge in [0.05, 0.1) is 23.4 Å². The standard InChI is InChI=1S/C18H17ClN2O4/c1-11-4-3-5-13(8-11)20-16(22)10-17(23)21-15-9-12(18(24)25-2)6-7-14(15)19/h3-9H,10H2,1-2H3,(H,20,22)(H,21,23). The van der Waals surface area contributed by atoms with Crippen molar-refractivity contribution in [3.8, 4) is 0 Å². The highest BCUT2D eigenvalue weighted by Crippen LogP contribution is 2.23. The Bertz CT molecular complexity index is 820. The summed E-state index contributed by atoms with van der Waals surface area (Å²) in [5.74, 6) is -1.55. The van der Waals surface area contributed by atoms with E-state index in [1.54, 1.807) is 12.1 Å². The minimum Gasteiger partial charge on any atom is -0.465 e. The Morgan fingerprint density at radius 3 is 2.44 bits per heavy atom. The number of nitrogens with one attached hydrogen (secondary N) is 2. The van der Waals surface area contributed by atoms with Gasteiger partial charge in [-0.05, 0) is 42.8 Å². The van der Waals surface area contributed by atoms with E-state index in [2.05, 4.69) is 15.4 Å². The fraction of sp³-hybridized carbons (Fsp3) is 0.167. The molecule has 0 unspecified atom stereocenters. The maximum atomic E-state index is 12.0. The van der Waals surface area contributed by atoms with Crippen LogP contribution in [0.2, 0.25) is 5.02 Å². The van der Waals surface area contributed by atoms with E-state index in [1.165, 1.54) is 25.3 Å². The van der Waals surface area contributed by atoms with Crippen LogP contribution in [0.5, 0.6) is 0 Å². The molecule has 2 aromatic rings. The number of benzene rings is 2. The smallest absolute Gasteiger partial charge is 0.337 e. The van der Waals surface area contributed by atoms with Crippen LogP contribution in [0.15, 0.2) is 42.5 Å². The van der Waals surface area contributed by atoms with Gasteiger partial charge in [0.2, 0.25) is 11.8 Å². The highest BCUT2D eigenvalue weighted by atomic mass is 35.5. The molecule has 25 heavy (non-hydrogen) atoms. The van der Waals surface area contributed by atoms with Crippen LogP contribution >= 0.6 is 11.6 Å². The average Bonchev–Trinajstić information content (AvgIpc) is 2.55. The van der Waals surface area contributed by atoms with Gasteiger partial charge in [-0.15, -0.1) is 0 Å². The normalized spacial score (nSPS) is 10.0. The topological polar surface area (TPSA) is 84.5 Å². The lowest BCUT2D eigenvalue weighted by molar-refractivity contribution is -0.123. The highest BCUT2D eigenvalue weighted by Gasteiger charge is 2.14. The molecule has 0 aliphatic carbocycles. The number of hydrogen-bond donors (Lipinski definition) is 2. The van der Waals surface area contributed by atoms with Crippen molar-refractivity contribution in [2.75, 3.05) is 17.7 Å². The summed E-state index contributed by atoms with van der Waals surface area (Å²) in [6.07, 6.45) is -0.382. The zero-order valence-corrected chi connectivity index (χ0v) is 14.5. The number of carbonyl (C=O) groups excluding carboxylic acids is 3. The first-order valence-electron chi connectivity index (χ1n) is 7.43. The maximum absolute atomic E-state index is 12.0. The second-order valence-corrected chi connectivity index (χ2v) is 5.74. The molecule has 0 fully saturated rings. The van der Waals surface area contributed by atoms with E-state index in [0.29, 0.717) is 5.69 Å². The molecule has 6 nitrogen and oxygen atoms in total. The van der Waals surface area contributed by atoms with Gasteiger partial charge in [0, 0.05) is 5.69 Å². The van der Waals surface area contributed by atoms with Gasteiger partial charge in [0.1, 0.15) is 6.42 Å². The SMILES string of the molecule is COC(=O)c1ccc(Cl)c(NC(=O)CC(=O)Nc2cccc(C)c2)c1. The number of halogens is 1. The lowest BCUT2D eigenvalue weighted by Gasteiger charge is -2.09. The molecule has 0 atom stereocenters. The molecular formula is C18H17ClN2O4. The molecule has 2 rings (SSSR count). The minimum absolute atomic E-state index is 0.234. The Morgan fingerprint density at radius 2 is 1.76 bits per heavy atom. The molecule has 0 aromatic heterocycles. The molecule has 0 radical (unpaired) electrons. The quantitative estimate of drug-likeness (QED) is 0.632. The number of ether oxygens (including phenoxy) is 1. The number of amides is 2. The number of rotatable bonds is 5. The van der Waals surface area contributed by atoms with Gasteiger partial charge < -0.3 is 15.4 Å². The fourth-order valence-corrected chi connectivity index (χ4v) is 2.30. The van der Waals surface area contributed by atoms with Crippen molar-refractivity contribution < 1.29 is 19.1 Å². The Balaban J connectivity index is 2.00. The van der Waals surface area contributed by atoms with Crippen molar-refractivity contribution in [1.29, 1.82) is 0 Å². The maximum Gasteiger partial charge on any atom is 0.337 e. The highest BCUT2D eigenvalue weighted by molar-refractivity contribution is 6.34. The first-order valence-corrected chi connectivity index (χ1v) is 7.81. The molecule has 0 spiro atoms. The van der Waals surface area contributed by atoms with Crippen LogP contribution in [0.1, 0.15) is 22.3 Å². The monoisotopic (exact) mass is 360 g/mol. The molecule has 0 heterocycles. The third kappa shape index (κ3) is 5.32. The van der Waals surface area contributed by atoms with Crippen molar-refractivity contribution in [2.45, 2.75) is 13.3 Å². The molecule has 0 aliphatic heterocycles. The third-order valence-corrected chi connectivity index (χ3v) is 3.61. The van der Waals surface area contributed by atoms with E-state index in [9.17, 15) is 14.4 Å². The first-order chi connectivity index (χ1) is 11.9. The lowest BCUT2D eigenvalue weighted by atomic mass is 10.2. The zero-order valence-electron chi connectivity index (χ0n) is 13.8. The van der Waals surface area contributed by atoms with Gasteiger partial charge in [0.25, 0.3) is 0 Å². The van der Waals surface area contributed by atoms with Crippen molar-refractivity contribution in [3.05, 3.63) is 58.6 Å². The van der Waals surface area contributed by atoms with Gasteiger partial charge in [-0.2, -0.15) is 0 Å². The molecular weight excluding hydrogens is 344 g/mol. The molecule has 7 heteroatoms. The largest absolute Gasteiger partial charge is 0.465 e. The average molecular weight is 361 g/mol. The predicted octanol–water partition coefficient (Wildman–Crippen LogP) is 3.40. The van der Waals surface area contributed by atoms with Crippen LogP contribution in [0.25, 0.3) is 0 Å². The zero-order chi connectivity index (χ0) is 18.4. The van der Waals surface area contributed by atoms with Gasteiger partial charge in [-0.1, -0.05) is 23.7 Å². The van der Waals surface area contributed by atoms with Crippen molar-refractivity contribution in [2.24, 2.45) is 0 Å². The Kier molecular flexibility index (Phi) is 6.14. The minimum atomic E-state index is -0.552.